The first kappa shape index (κ1) is 15.0. The van der Waals surface area contributed by atoms with E-state index in [1.807, 2.05) is 0 Å². The molecule has 0 fully saturated rings. The second kappa shape index (κ2) is 6.80. The minimum atomic E-state index is -1.25. The molecule has 0 heterocycles. The molecular weight excluding hydrogens is 250 g/mol. The molecule has 7 nitrogen and oxygen atoms in total. The third-order valence-electron chi connectivity index (χ3n) is 2.74. The van der Waals surface area contributed by atoms with Gasteiger partial charge in [-0.05, 0) is 26.1 Å². The van der Waals surface area contributed by atoms with Crippen LogP contribution in [0.1, 0.15) is 23.7 Å². The molecule has 1 rings (SSSR count). The fraction of sp³-hybridized carbons (Fsp3) is 0.417. The Hall–Kier alpha value is -2.01. The Morgan fingerprint density at radius 1 is 1.53 bits per heavy atom. The van der Waals surface area contributed by atoms with Crippen molar-refractivity contribution < 1.29 is 15.1 Å². The first-order chi connectivity index (χ1) is 9.01. The number of nitrogens with zero attached hydrogens (tertiary/aromatic N) is 2. The summed E-state index contributed by atoms with van der Waals surface area (Å²) >= 11 is 0. The summed E-state index contributed by atoms with van der Waals surface area (Å²) in [5.41, 5.74) is -0.0425. The lowest BCUT2D eigenvalue weighted by Crippen LogP contribution is -2.23. The molecule has 7 heteroatoms. The minimum Gasteiger partial charge on any atom is -0.390 e. The van der Waals surface area contributed by atoms with Crippen molar-refractivity contribution in [1.82, 2.24) is 5.32 Å². The minimum absolute atomic E-state index is 0.00907. The molecule has 102 valence electrons. The van der Waals surface area contributed by atoms with E-state index in [0.29, 0.717) is 13.0 Å². The van der Waals surface area contributed by atoms with Crippen LogP contribution in [0, 0.1) is 21.4 Å². The van der Waals surface area contributed by atoms with E-state index in [1.165, 1.54) is 12.1 Å². The van der Waals surface area contributed by atoms with Gasteiger partial charge in [0.15, 0.2) is 0 Å². The van der Waals surface area contributed by atoms with E-state index in [2.05, 4.69) is 5.32 Å². The molecule has 0 aliphatic rings. The number of nitro groups is 1. The van der Waals surface area contributed by atoms with Crippen LogP contribution < -0.4 is 5.32 Å². The fourth-order valence-electron chi connectivity index (χ4n) is 1.67. The topological polar surface area (TPSA) is 119 Å². The molecular formula is C12H15N3O4. The number of nitrogens with one attached hydrogen (secondary N) is 1. The molecule has 2 atom stereocenters. The number of non-ortho nitro benzene ring substituents is 1. The number of hydrogen-bond acceptors (Lipinski definition) is 6. The monoisotopic (exact) mass is 265 g/mol. The van der Waals surface area contributed by atoms with Gasteiger partial charge >= 0.3 is 0 Å². The molecule has 19 heavy (non-hydrogen) atoms. The number of hydrogen-bond donors (Lipinski definition) is 3. The number of benzene rings is 1. The van der Waals surface area contributed by atoms with E-state index in [4.69, 9.17) is 5.26 Å². The Balaban J connectivity index is 3.00. The van der Waals surface area contributed by atoms with Crippen molar-refractivity contribution in [2.45, 2.75) is 18.6 Å². The summed E-state index contributed by atoms with van der Waals surface area (Å²) in [6, 6.07) is 5.37. The van der Waals surface area contributed by atoms with E-state index in [0.717, 1.165) is 6.07 Å². The van der Waals surface area contributed by atoms with Crippen molar-refractivity contribution in [3.63, 3.8) is 0 Å². The lowest BCUT2D eigenvalue weighted by atomic mass is 9.97. The van der Waals surface area contributed by atoms with Gasteiger partial charge in [-0.3, -0.25) is 10.1 Å². The molecule has 0 saturated carbocycles. The summed E-state index contributed by atoms with van der Waals surface area (Å²) in [5.74, 6) is 0. The van der Waals surface area contributed by atoms with Crippen molar-refractivity contribution in [2.75, 3.05) is 13.6 Å². The van der Waals surface area contributed by atoms with Gasteiger partial charge in [0.05, 0.1) is 22.7 Å². The van der Waals surface area contributed by atoms with Crippen LogP contribution in [-0.2, 0) is 0 Å². The highest BCUT2D eigenvalue weighted by molar-refractivity contribution is 5.47. The summed E-state index contributed by atoms with van der Waals surface area (Å²) in [7, 11) is 1.71. The van der Waals surface area contributed by atoms with Gasteiger partial charge in [0, 0.05) is 17.7 Å². The zero-order valence-corrected chi connectivity index (χ0v) is 10.4. The molecule has 0 radical (unpaired) electrons. The Morgan fingerprint density at radius 2 is 2.21 bits per heavy atom. The van der Waals surface area contributed by atoms with Crippen LogP contribution in [0.4, 0.5) is 5.69 Å². The van der Waals surface area contributed by atoms with Gasteiger partial charge in [-0.1, -0.05) is 0 Å². The highest BCUT2D eigenvalue weighted by atomic mass is 16.6. The normalized spacial score (nSPS) is 13.6. The van der Waals surface area contributed by atoms with E-state index in [-0.39, 0.29) is 16.8 Å². The van der Waals surface area contributed by atoms with Gasteiger partial charge < -0.3 is 15.5 Å². The zero-order valence-electron chi connectivity index (χ0n) is 10.4. The molecule has 0 spiro atoms. The molecule has 2 unspecified atom stereocenters. The van der Waals surface area contributed by atoms with Crippen molar-refractivity contribution in [2.24, 2.45) is 0 Å². The van der Waals surface area contributed by atoms with Gasteiger partial charge in [-0.15, -0.1) is 0 Å². The number of nitriles is 1. The molecule has 0 saturated heterocycles. The summed E-state index contributed by atoms with van der Waals surface area (Å²) < 4.78 is 0. The molecule has 0 amide bonds. The van der Waals surface area contributed by atoms with Crippen LogP contribution in [0.2, 0.25) is 0 Å². The predicted molar refractivity (Wildman–Crippen MR) is 67.3 cm³/mol. The second-order valence-corrected chi connectivity index (χ2v) is 4.04. The number of aliphatic hydroxyl groups excluding tert-OH is 2. The van der Waals surface area contributed by atoms with Crippen LogP contribution in [0.25, 0.3) is 0 Å². The maximum Gasteiger partial charge on any atom is 0.270 e. The van der Waals surface area contributed by atoms with E-state index < -0.39 is 17.1 Å². The van der Waals surface area contributed by atoms with Gasteiger partial charge in [0.2, 0.25) is 0 Å². The Morgan fingerprint density at radius 3 is 2.74 bits per heavy atom. The predicted octanol–water partition coefficient (Wildman–Crippen LogP) is 0.470. The van der Waals surface area contributed by atoms with Gasteiger partial charge in [-0.2, -0.15) is 5.26 Å². The SMILES string of the molecule is CNCCC(O)C(O)c1ccc([N+](=O)[O-])cc1C#N. The van der Waals surface area contributed by atoms with E-state index >= 15 is 0 Å². The van der Waals surface area contributed by atoms with Crippen molar-refractivity contribution >= 4 is 5.69 Å². The Labute approximate surface area is 110 Å². The standard InChI is InChI=1S/C12H15N3O4/c1-14-5-4-11(16)12(17)10-3-2-9(15(18)19)6-8(10)7-13/h2-3,6,11-12,14,16-17H,4-5H2,1H3. The van der Waals surface area contributed by atoms with E-state index in [1.54, 1.807) is 13.1 Å². The maximum atomic E-state index is 10.6. The maximum absolute atomic E-state index is 10.6. The zero-order chi connectivity index (χ0) is 14.4. The lowest BCUT2D eigenvalue weighted by molar-refractivity contribution is -0.384. The molecule has 1 aromatic carbocycles. The average Bonchev–Trinajstić information content (AvgIpc) is 2.42. The quantitative estimate of drug-likeness (QED) is 0.508. The highest BCUT2D eigenvalue weighted by Crippen LogP contribution is 2.25. The van der Waals surface area contributed by atoms with Crippen LogP contribution in [-0.4, -0.2) is 34.8 Å². The van der Waals surface area contributed by atoms with Crippen molar-refractivity contribution in [3.05, 3.63) is 39.4 Å². The fourth-order valence-corrected chi connectivity index (χ4v) is 1.67. The smallest absolute Gasteiger partial charge is 0.270 e. The van der Waals surface area contributed by atoms with Crippen LogP contribution >= 0.6 is 0 Å². The summed E-state index contributed by atoms with van der Waals surface area (Å²) in [4.78, 5) is 9.98. The second-order valence-electron chi connectivity index (χ2n) is 4.04. The molecule has 0 aliphatic carbocycles. The first-order valence-electron chi connectivity index (χ1n) is 5.70. The van der Waals surface area contributed by atoms with Gasteiger partial charge in [0.1, 0.15) is 6.10 Å². The lowest BCUT2D eigenvalue weighted by Gasteiger charge is -2.18. The Kier molecular flexibility index (Phi) is 5.38. The third kappa shape index (κ3) is 3.72. The van der Waals surface area contributed by atoms with Crippen molar-refractivity contribution in [1.29, 1.82) is 5.26 Å². The first-order valence-corrected chi connectivity index (χ1v) is 5.70. The third-order valence-corrected chi connectivity index (χ3v) is 2.74. The average molecular weight is 265 g/mol. The summed E-state index contributed by atoms with van der Waals surface area (Å²) in [5, 5.41) is 42.1. The van der Waals surface area contributed by atoms with Crippen LogP contribution in [0.15, 0.2) is 18.2 Å². The van der Waals surface area contributed by atoms with Crippen molar-refractivity contribution in [3.8, 4) is 6.07 Å². The number of rotatable bonds is 6. The van der Waals surface area contributed by atoms with Crippen LogP contribution in [0.5, 0.6) is 0 Å². The van der Waals surface area contributed by atoms with E-state index in [9.17, 15) is 20.3 Å². The van der Waals surface area contributed by atoms with Gasteiger partial charge in [-0.25, -0.2) is 0 Å². The summed E-state index contributed by atoms with van der Waals surface area (Å²) in [6.45, 7) is 0.507. The van der Waals surface area contributed by atoms with Crippen LogP contribution in [0.3, 0.4) is 0 Å². The molecule has 0 bridgehead atoms. The molecule has 1 aromatic rings. The Bertz CT molecular complexity index is 498. The highest BCUT2D eigenvalue weighted by Gasteiger charge is 2.22. The number of aliphatic hydroxyl groups is 2. The number of nitro benzene ring substituents is 1. The molecule has 0 aliphatic heterocycles. The largest absolute Gasteiger partial charge is 0.390 e. The molecule has 3 N–H and O–H groups in total. The summed E-state index contributed by atoms with van der Waals surface area (Å²) in [6.07, 6.45) is -1.98. The van der Waals surface area contributed by atoms with Gasteiger partial charge in [0.25, 0.3) is 5.69 Å². The molecule has 0 aromatic heterocycles.